The van der Waals surface area contributed by atoms with Gasteiger partial charge >= 0.3 is 0 Å². The molecule has 148 valence electrons. The number of hydrogen-bond donors (Lipinski definition) is 0. The smallest absolute Gasteiger partial charge is 0.255 e. The quantitative estimate of drug-likeness (QED) is 0.797. The van der Waals surface area contributed by atoms with Crippen LogP contribution in [0.25, 0.3) is 0 Å². The minimum Gasteiger partial charge on any atom is -0.341 e. The summed E-state index contributed by atoms with van der Waals surface area (Å²) in [7, 11) is 0. The maximum atomic E-state index is 13.1. The van der Waals surface area contributed by atoms with Crippen molar-refractivity contribution in [2.45, 2.75) is 44.7 Å². The number of thiophene rings is 1. The molecule has 3 aliphatic heterocycles. The Bertz CT molecular complexity index is 914. The molecular formula is C22H27N3O2S. The summed E-state index contributed by atoms with van der Waals surface area (Å²) in [4.78, 5) is 31.4. The molecule has 2 saturated heterocycles. The average molecular weight is 398 g/mol. The molecule has 0 unspecified atom stereocenters. The number of hydrogen-bond acceptors (Lipinski definition) is 4. The highest BCUT2D eigenvalue weighted by Gasteiger charge is 2.36. The van der Waals surface area contributed by atoms with Gasteiger partial charge in [-0.05, 0) is 55.8 Å². The first kappa shape index (κ1) is 18.1. The largest absolute Gasteiger partial charge is 0.341 e. The third-order valence-corrected chi connectivity index (χ3v) is 7.41. The molecule has 6 heteroatoms. The van der Waals surface area contributed by atoms with Gasteiger partial charge in [-0.25, -0.2) is 0 Å². The first-order valence-electron chi connectivity index (χ1n) is 10.4. The fourth-order valence-corrected chi connectivity index (χ4v) is 5.87. The van der Waals surface area contributed by atoms with Crippen LogP contribution in [0.3, 0.4) is 0 Å². The van der Waals surface area contributed by atoms with Crippen LogP contribution in [0.2, 0.25) is 0 Å². The Morgan fingerprint density at radius 3 is 2.75 bits per heavy atom. The number of amides is 1. The zero-order chi connectivity index (χ0) is 19.1. The SMILES string of the molecule is O=C(Cc1cccs1)N1C[C@@H]2C[C@H](C1)c1ccc(CN3CCCC3)c(=O)n1C2. The van der Waals surface area contributed by atoms with E-state index in [-0.39, 0.29) is 17.4 Å². The van der Waals surface area contributed by atoms with Crippen LogP contribution in [-0.2, 0) is 24.3 Å². The maximum Gasteiger partial charge on any atom is 0.255 e. The van der Waals surface area contributed by atoms with Gasteiger partial charge in [-0.15, -0.1) is 11.3 Å². The Hall–Kier alpha value is -1.92. The van der Waals surface area contributed by atoms with Gasteiger partial charge in [0.25, 0.3) is 5.56 Å². The van der Waals surface area contributed by atoms with E-state index in [1.165, 1.54) is 12.8 Å². The normalized spacial score (nSPS) is 24.4. The zero-order valence-corrected chi connectivity index (χ0v) is 17.0. The fraction of sp³-hybridized carbons (Fsp3) is 0.545. The summed E-state index contributed by atoms with van der Waals surface area (Å²) in [6, 6.07) is 8.23. The molecule has 1 amide bonds. The van der Waals surface area contributed by atoms with Gasteiger partial charge in [-0.3, -0.25) is 14.5 Å². The van der Waals surface area contributed by atoms with Crippen LogP contribution in [0, 0.1) is 5.92 Å². The van der Waals surface area contributed by atoms with Crippen molar-refractivity contribution in [1.29, 1.82) is 0 Å². The minimum absolute atomic E-state index is 0.192. The lowest BCUT2D eigenvalue weighted by molar-refractivity contribution is -0.133. The molecule has 0 saturated carbocycles. The number of likely N-dealkylation sites (tertiary alicyclic amines) is 2. The van der Waals surface area contributed by atoms with E-state index in [1.54, 1.807) is 11.3 Å². The topological polar surface area (TPSA) is 45.6 Å². The fourth-order valence-electron chi connectivity index (χ4n) is 5.17. The number of fused-ring (bicyclic) bond motifs is 4. The van der Waals surface area contributed by atoms with Gasteiger partial charge in [-0.1, -0.05) is 12.1 Å². The molecule has 0 spiro atoms. The summed E-state index contributed by atoms with van der Waals surface area (Å²) >= 11 is 1.64. The molecule has 3 aliphatic rings. The Morgan fingerprint density at radius 1 is 1.11 bits per heavy atom. The van der Waals surface area contributed by atoms with E-state index in [1.807, 2.05) is 33.0 Å². The Labute approximate surface area is 169 Å². The molecule has 28 heavy (non-hydrogen) atoms. The van der Waals surface area contributed by atoms with Crippen LogP contribution in [0.4, 0.5) is 0 Å². The van der Waals surface area contributed by atoms with E-state index < -0.39 is 0 Å². The van der Waals surface area contributed by atoms with Crippen molar-refractivity contribution < 1.29 is 4.79 Å². The van der Waals surface area contributed by atoms with E-state index in [9.17, 15) is 9.59 Å². The van der Waals surface area contributed by atoms with E-state index >= 15 is 0 Å². The second-order valence-corrected chi connectivity index (χ2v) is 9.57. The molecule has 0 aliphatic carbocycles. The predicted molar refractivity (Wildman–Crippen MR) is 111 cm³/mol. The molecular weight excluding hydrogens is 370 g/mol. The van der Waals surface area contributed by atoms with Gasteiger partial charge in [0.1, 0.15) is 0 Å². The van der Waals surface area contributed by atoms with Gasteiger partial charge in [0.15, 0.2) is 0 Å². The lowest BCUT2D eigenvalue weighted by Gasteiger charge is -2.43. The van der Waals surface area contributed by atoms with Crippen LogP contribution in [0.5, 0.6) is 0 Å². The van der Waals surface area contributed by atoms with Crippen LogP contribution in [0.15, 0.2) is 34.4 Å². The second kappa shape index (κ2) is 7.48. The highest BCUT2D eigenvalue weighted by atomic mass is 32.1. The molecule has 0 N–H and O–H groups in total. The first-order chi connectivity index (χ1) is 13.7. The number of piperidine rings is 1. The van der Waals surface area contributed by atoms with E-state index in [0.29, 0.717) is 12.3 Å². The zero-order valence-electron chi connectivity index (χ0n) is 16.2. The molecule has 2 atom stereocenters. The summed E-state index contributed by atoms with van der Waals surface area (Å²) in [6.07, 6.45) is 4.07. The third-order valence-electron chi connectivity index (χ3n) is 6.53. The molecule has 5 heterocycles. The lowest BCUT2D eigenvalue weighted by atomic mass is 9.83. The number of carbonyl (C=O) groups excluding carboxylic acids is 1. The minimum atomic E-state index is 0.192. The van der Waals surface area contributed by atoms with Crippen molar-refractivity contribution in [2.24, 2.45) is 5.92 Å². The van der Waals surface area contributed by atoms with Gasteiger partial charge < -0.3 is 9.47 Å². The third kappa shape index (κ3) is 3.44. The van der Waals surface area contributed by atoms with Gasteiger partial charge in [-0.2, -0.15) is 0 Å². The van der Waals surface area contributed by atoms with Crippen molar-refractivity contribution in [3.8, 4) is 0 Å². The number of carbonyl (C=O) groups is 1. The summed E-state index contributed by atoms with van der Waals surface area (Å²) in [5.74, 6) is 0.894. The highest BCUT2D eigenvalue weighted by molar-refractivity contribution is 7.10. The van der Waals surface area contributed by atoms with Crippen molar-refractivity contribution in [3.63, 3.8) is 0 Å². The number of pyridine rings is 1. The van der Waals surface area contributed by atoms with Crippen molar-refractivity contribution in [3.05, 3.63) is 56.1 Å². The summed E-state index contributed by atoms with van der Waals surface area (Å²) in [5, 5.41) is 2.02. The molecule has 0 radical (unpaired) electrons. The molecule has 2 fully saturated rings. The van der Waals surface area contributed by atoms with Crippen molar-refractivity contribution in [1.82, 2.24) is 14.4 Å². The average Bonchev–Trinajstić information content (AvgIpc) is 3.38. The Morgan fingerprint density at radius 2 is 1.96 bits per heavy atom. The summed E-state index contributed by atoms with van der Waals surface area (Å²) < 4.78 is 2.02. The Balaban J connectivity index is 1.34. The molecule has 5 nitrogen and oxygen atoms in total. The number of rotatable bonds is 4. The predicted octanol–water partition coefficient (Wildman–Crippen LogP) is 2.69. The Kier molecular flexibility index (Phi) is 4.85. The molecule has 2 aromatic rings. The summed E-state index contributed by atoms with van der Waals surface area (Å²) in [5.41, 5.74) is 2.24. The molecule has 0 aromatic carbocycles. The van der Waals surface area contributed by atoms with Gasteiger partial charge in [0.05, 0.1) is 6.42 Å². The maximum absolute atomic E-state index is 13.1. The van der Waals surface area contributed by atoms with E-state index in [4.69, 9.17) is 0 Å². The van der Waals surface area contributed by atoms with Crippen LogP contribution in [0.1, 0.15) is 41.3 Å². The van der Waals surface area contributed by atoms with Crippen molar-refractivity contribution >= 4 is 17.2 Å². The second-order valence-electron chi connectivity index (χ2n) is 8.54. The highest BCUT2D eigenvalue weighted by Crippen LogP contribution is 2.35. The van der Waals surface area contributed by atoms with E-state index in [2.05, 4.69) is 11.0 Å². The molecule has 2 bridgehead atoms. The standard InChI is InChI=1S/C22H27N3O2S/c26-21(11-19-4-3-9-28-19)24-12-16-10-18(15-24)20-6-5-17(22(27)25(20)13-16)14-23-7-1-2-8-23/h3-6,9,16,18H,1-2,7-8,10-15H2/t16-,18+/m0/s1. The molecule has 5 rings (SSSR count). The number of nitrogens with zero attached hydrogens (tertiary/aromatic N) is 3. The lowest BCUT2D eigenvalue weighted by Crippen LogP contribution is -2.49. The van der Waals surface area contributed by atoms with Gasteiger partial charge in [0.2, 0.25) is 5.91 Å². The monoisotopic (exact) mass is 397 g/mol. The van der Waals surface area contributed by atoms with Gasteiger partial charge in [0, 0.05) is 48.2 Å². The van der Waals surface area contributed by atoms with E-state index in [0.717, 1.165) is 61.8 Å². The summed E-state index contributed by atoms with van der Waals surface area (Å²) in [6.45, 7) is 5.26. The van der Waals surface area contributed by atoms with Crippen LogP contribution < -0.4 is 5.56 Å². The molecule has 2 aromatic heterocycles. The van der Waals surface area contributed by atoms with Crippen LogP contribution >= 0.6 is 11.3 Å². The number of aromatic nitrogens is 1. The van der Waals surface area contributed by atoms with Crippen LogP contribution in [-0.4, -0.2) is 46.5 Å². The first-order valence-corrected chi connectivity index (χ1v) is 11.3. The van der Waals surface area contributed by atoms with Crippen molar-refractivity contribution in [2.75, 3.05) is 26.2 Å².